The molecule has 0 amide bonds. The maximum absolute atomic E-state index is 13.8. The Kier molecular flexibility index (Phi) is 9.67. The van der Waals surface area contributed by atoms with Gasteiger partial charge in [-0.05, 0) is 44.4 Å². The minimum absolute atomic E-state index is 0. The first-order valence-electron chi connectivity index (χ1n) is 14.1. The van der Waals surface area contributed by atoms with Crippen molar-refractivity contribution in [1.82, 2.24) is 4.57 Å². The molecule has 11 heteroatoms. The van der Waals surface area contributed by atoms with Crippen molar-refractivity contribution in [2.24, 2.45) is 0 Å². The molecule has 0 saturated carbocycles. The first kappa shape index (κ1) is 31.7. The molecular formula is C32H34ClN3O4S3. The average Bonchev–Trinajstić information content (AvgIpc) is 3.63. The van der Waals surface area contributed by atoms with E-state index in [0.29, 0.717) is 26.3 Å². The van der Waals surface area contributed by atoms with Crippen LogP contribution in [0.25, 0.3) is 32.1 Å². The van der Waals surface area contributed by atoms with Gasteiger partial charge in [-0.3, -0.25) is 9.36 Å². The first-order valence-corrected chi connectivity index (χ1v) is 16.5. The van der Waals surface area contributed by atoms with E-state index < -0.39 is 5.97 Å². The van der Waals surface area contributed by atoms with E-state index in [1.807, 2.05) is 44.5 Å². The second-order valence-corrected chi connectivity index (χ2v) is 12.9. The van der Waals surface area contributed by atoms with E-state index in [1.54, 1.807) is 30.2 Å². The number of rotatable bonds is 9. The number of benzene rings is 3. The number of hydrogen-bond donors (Lipinski definition) is 0. The Morgan fingerprint density at radius 3 is 2.37 bits per heavy atom. The summed E-state index contributed by atoms with van der Waals surface area (Å²) in [7, 11) is 3.65. The zero-order chi connectivity index (χ0) is 29.4. The van der Waals surface area contributed by atoms with E-state index in [4.69, 9.17) is 14.2 Å². The number of thiazole rings is 2. The summed E-state index contributed by atoms with van der Waals surface area (Å²) in [5, 5.41) is 4.31. The van der Waals surface area contributed by atoms with Crippen molar-refractivity contribution in [3.05, 3.63) is 85.2 Å². The van der Waals surface area contributed by atoms with Gasteiger partial charge in [0.1, 0.15) is 18.9 Å². The van der Waals surface area contributed by atoms with Gasteiger partial charge in [0.2, 0.25) is 12.1 Å². The van der Waals surface area contributed by atoms with Crippen LogP contribution >= 0.6 is 34.4 Å². The molecular weight excluding hydrogens is 622 g/mol. The number of nitrogens with zero attached hydrogens (tertiary/aromatic N) is 3. The van der Waals surface area contributed by atoms with Crippen LogP contribution in [0.15, 0.2) is 70.4 Å². The number of anilines is 1. The molecule has 0 N–H and O–H groups in total. The molecule has 7 nitrogen and oxygen atoms in total. The minimum atomic E-state index is -1.24. The molecule has 3 aromatic carbocycles. The van der Waals surface area contributed by atoms with Gasteiger partial charge in [-0.15, -0.1) is 11.3 Å². The van der Waals surface area contributed by atoms with Crippen LogP contribution in [0.3, 0.4) is 0 Å². The number of halogens is 1. The number of para-hydroxylation sites is 1. The third-order valence-corrected chi connectivity index (χ3v) is 11.1. The summed E-state index contributed by atoms with van der Waals surface area (Å²) < 4.78 is 24.9. The molecule has 2 aromatic heterocycles. The molecule has 0 spiro atoms. The second-order valence-electron chi connectivity index (χ2n) is 9.81. The molecule has 3 heterocycles. The minimum Gasteiger partial charge on any atom is -1.00 e. The Labute approximate surface area is 269 Å². The largest absolute Gasteiger partial charge is 1.00 e. The molecule has 226 valence electrons. The lowest BCUT2D eigenvalue weighted by Gasteiger charge is -2.28. The van der Waals surface area contributed by atoms with Crippen molar-refractivity contribution in [2.75, 3.05) is 32.3 Å². The fourth-order valence-corrected chi connectivity index (χ4v) is 9.18. The van der Waals surface area contributed by atoms with Gasteiger partial charge in [0.15, 0.2) is 0 Å². The molecule has 0 aliphatic carbocycles. The molecule has 0 saturated heterocycles. The van der Waals surface area contributed by atoms with Gasteiger partial charge in [0, 0.05) is 50.3 Å². The van der Waals surface area contributed by atoms with E-state index >= 15 is 0 Å². The fourth-order valence-electron chi connectivity index (χ4n) is 5.42. The summed E-state index contributed by atoms with van der Waals surface area (Å²) in [6.07, 6.45) is 2.13. The van der Waals surface area contributed by atoms with Gasteiger partial charge >= 0.3 is 5.97 Å². The summed E-state index contributed by atoms with van der Waals surface area (Å²) in [5.41, 5.74) is 2.21. The molecule has 0 unspecified atom stereocenters. The van der Waals surface area contributed by atoms with Crippen molar-refractivity contribution in [3.63, 3.8) is 0 Å². The van der Waals surface area contributed by atoms with Crippen LogP contribution in [0.4, 0.5) is 5.69 Å². The predicted octanol–water partition coefficient (Wildman–Crippen LogP) is 2.10. The quantitative estimate of drug-likeness (QED) is 0.179. The lowest BCUT2D eigenvalue weighted by atomic mass is 10.1. The molecule has 0 atom stereocenters. The van der Waals surface area contributed by atoms with Gasteiger partial charge in [0.05, 0.1) is 11.8 Å². The van der Waals surface area contributed by atoms with Gasteiger partial charge in [-0.2, -0.15) is 4.57 Å². The Morgan fingerprint density at radius 1 is 0.953 bits per heavy atom. The zero-order valence-corrected chi connectivity index (χ0v) is 28.0. The summed E-state index contributed by atoms with van der Waals surface area (Å²) in [6, 6.07) is 21.0. The monoisotopic (exact) mass is 655 g/mol. The van der Waals surface area contributed by atoms with Crippen LogP contribution in [0.5, 0.6) is 0 Å². The molecule has 6 rings (SSSR count). The molecule has 43 heavy (non-hydrogen) atoms. The highest BCUT2D eigenvalue weighted by Gasteiger charge is 2.40. The van der Waals surface area contributed by atoms with Gasteiger partial charge in [-0.25, -0.2) is 0 Å². The number of methoxy groups -OCH3 is 1. The van der Waals surface area contributed by atoms with Crippen molar-refractivity contribution in [3.8, 4) is 0 Å². The summed E-state index contributed by atoms with van der Waals surface area (Å²) >= 11 is 4.89. The van der Waals surface area contributed by atoms with E-state index in [-0.39, 0.29) is 18.0 Å². The van der Waals surface area contributed by atoms with E-state index in [2.05, 4.69) is 64.1 Å². The molecule has 1 aliphatic heterocycles. The van der Waals surface area contributed by atoms with E-state index in [1.165, 1.54) is 22.1 Å². The first-order chi connectivity index (χ1) is 20.4. The van der Waals surface area contributed by atoms with Crippen LogP contribution in [0.2, 0.25) is 0 Å². The van der Waals surface area contributed by atoms with E-state index in [9.17, 15) is 4.79 Å². The fraction of sp³-hybridized carbons (Fsp3) is 0.312. The SMILES string of the molecule is CCOC(C[n+]1c(C=c2sc(=C3Sc4ccccc4N3C)c(=O)n2CC)sc2c3ccccc3ccc21)(OC)OCC.[Cl-]. The Morgan fingerprint density at radius 2 is 1.67 bits per heavy atom. The number of fused-ring (bicyclic) bond motifs is 4. The molecule has 0 radical (unpaired) electrons. The van der Waals surface area contributed by atoms with Crippen molar-refractivity contribution >= 4 is 72.2 Å². The maximum Gasteiger partial charge on any atom is 0.345 e. The smallest absolute Gasteiger partial charge is 0.345 e. The average molecular weight is 656 g/mol. The summed E-state index contributed by atoms with van der Waals surface area (Å²) in [5.74, 6) is -1.24. The highest BCUT2D eigenvalue weighted by Crippen LogP contribution is 2.45. The van der Waals surface area contributed by atoms with Crippen LogP contribution in [0.1, 0.15) is 25.8 Å². The highest BCUT2D eigenvalue weighted by molar-refractivity contribution is 8.08. The Balaban J connectivity index is 0.00000368. The van der Waals surface area contributed by atoms with Gasteiger partial charge in [0.25, 0.3) is 10.6 Å². The van der Waals surface area contributed by atoms with Gasteiger partial charge < -0.3 is 31.5 Å². The van der Waals surface area contributed by atoms with Crippen molar-refractivity contribution in [2.45, 2.75) is 44.7 Å². The van der Waals surface area contributed by atoms with Crippen LogP contribution in [-0.4, -0.2) is 37.9 Å². The molecule has 0 bridgehead atoms. The zero-order valence-electron chi connectivity index (χ0n) is 24.8. The standard InChI is InChI=1S/C32H34N3O4S3.ClH/c1-6-34-26(42-29(30(34)36)31-33(4)23-15-11-12-16-25(23)40-31)19-27-35(20-32(37-5,38-7-2)39-8-3)24-18-17-21-13-9-10-14-22(21)28(24)41-27;/h9-19H,6-8,20H2,1-5H3;1H/q+1;/p-1. The molecule has 0 fully saturated rings. The Hall–Kier alpha value is -2.70. The lowest BCUT2D eigenvalue weighted by Crippen LogP contribution is -3.00. The second kappa shape index (κ2) is 13.1. The molecule has 1 aliphatic rings. The third-order valence-electron chi connectivity index (χ3n) is 7.42. The van der Waals surface area contributed by atoms with Crippen LogP contribution in [0, 0.1) is 0 Å². The van der Waals surface area contributed by atoms with Crippen molar-refractivity contribution < 1.29 is 31.2 Å². The normalized spacial score (nSPS) is 15.0. The maximum atomic E-state index is 13.8. The predicted molar refractivity (Wildman–Crippen MR) is 174 cm³/mol. The number of aromatic nitrogens is 2. The Bertz CT molecular complexity index is 1960. The van der Waals surface area contributed by atoms with Crippen LogP contribution < -0.4 is 36.6 Å². The van der Waals surface area contributed by atoms with Crippen molar-refractivity contribution in [1.29, 1.82) is 0 Å². The number of hydrogen-bond acceptors (Lipinski definition) is 8. The third kappa shape index (κ3) is 5.66. The lowest BCUT2D eigenvalue weighted by molar-refractivity contribution is -0.709. The topological polar surface area (TPSA) is 56.8 Å². The van der Waals surface area contributed by atoms with Crippen LogP contribution in [-0.2, 0) is 27.3 Å². The molecule has 5 aromatic rings. The highest BCUT2D eigenvalue weighted by atomic mass is 35.5. The number of ether oxygens (including phenoxy) is 3. The number of thioether (sulfide) groups is 1. The van der Waals surface area contributed by atoms with E-state index in [0.717, 1.165) is 40.0 Å². The summed E-state index contributed by atoms with van der Waals surface area (Å²) in [6.45, 7) is 7.67. The van der Waals surface area contributed by atoms with Gasteiger partial charge in [-0.1, -0.05) is 59.5 Å². The summed E-state index contributed by atoms with van der Waals surface area (Å²) in [4.78, 5) is 17.1.